The molecule has 1 unspecified atom stereocenters. The summed E-state index contributed by atoms with van der Waals surface area (Å²) in [4.78, 5) is 9.83. The number of aliphatic carboxylic acids is 1. The standard InChI is InChI=1S/C7H8O7S/c1-13-4-2-5(15(10,11)12)6(7(8)9)14-3-4/h2-3,6H,1H3,(H,8,9)(H,10,11,12). The Morgan fingerprint density at radius 1 is 1.60 bits per heavy atom. The molecule has 1 aliphatic heterocycles. The van der Waals surface area contributed by atoms with Gasteiger partial charge in [-0.3, -0.25) is 4.55 Å². The van der Waals surface area contributed by atoms with Crippen LogP contribution in [0.4, 0.5) is 0 Å². The van der Waals surface area contributed by atoms with E-state index in [1.165, 1.54) is 7.11 Å². The molecule has 0 aromatic rings. The van der Waals surface area contributed by atoms with Gasteiger partial charge >= 0.3 is 5.97 Å². The van der Waals surface area contributed by atoms with Gasteiger partial charge in [0.05, 0.1) is 7.11 Å². The van der Waals surface area contributed by atoms with Crippen molar-refractivity contribution in [1.29, 1.82) is 0 Å². The number of carbonyl (C=O) groups is 1. The summed E-state index contributed by atoms with van der Waals surface area (Å²) in [7, 11) is -3.38. The average Bonchev–Trinajstić information content (AvgIpc) is 2.15. The first-order valence-electron chi connectivity index (χ1n) is 3.67. The molecule has 0 spiro atoms. The summed E-state index contributed by atoms with van der Waals surface area (Å²) in [5, 5.41) is 8.62. The fourth-order valence-corrected chi connectivity index (χ4v) is 1.64. The van der Waals surface area contributed by atoms with Crippen molar-refractivity contribution >= 4 is 16.1 Å². The predicted molar refractivity (Wildman–Crippen MR) is 47.2 cm³/mol. The molecule has 0 fully saturated rings. The van der Waals surface area contributed by atoms with Crippen LogP contribution in [0.5, 0.6) is 0 Å². The van der Waals surface area contributed by atoms with Crippen molar-refractivity contribution in [1.82, 2.24) is 0 Å². The molecule has 0 bridgehead atoms. The van der Waals surface area contributed by atoms with Gasteiger partial charge in [0.1, 0.15) is 11.2 Å². The molecule has 1 atom stereocenters. The van der Waals surface area contributed by atoms with Crippen LogP contribution in [0.1, 0.15) is 0 Å². The smallest absolute Gasteiger partial charge is 0.350 e. The summed E-state index contributed by atoms with van der Waals surface area (Å²) in [5.74, 6) is -1.52. The third-order valence-electron chi connectivity index (χ3n) is 1.62. The maximum Gasteiger partial charge on any atom is 0.350 e. The summed E-state index contributed by atoms with van der Waals surface area (Å²) in [6, 6.07) is 0. The van der Waals surface area contributed by atoms with E-state index in [9.17, 15) is 13.2 Å². The van der Waals surface area contributed by atoms with Gasteiger partial charge in [0.2, 0.25) is 6.10 Å². The number of ether oxygens (including phenoxy) is 2. The minimum Gasteiger partial charge on any atom is -0.494 e. The van der Waals surface area contributed by atoms with Crippen LogP contribution in [0.15, 0.2) is 23.0 Å². The Labute approximate surface area is 85.4 Å². The molecule has 0 aliphatic carbocycles. The van der Waals surface area contributed by atoms with Gasteiger partial charge in [0.25, 0.3) is 10.1 Å². The Morgan fingerprint density at radius 2 is 2.20 bits per heavy atom. The molecule has 0 saturated carbocycles. The topological polar surface area (TPSA) is 110 Å². The van der Waals surface area contributed by atoms with E-state index in [1.807, 2.05) is 0 Å². The Morgan fingerprint density at radius 3 is 2.60 bits per heavy atom. The van der Waals surface area contributed by atoms with Crippen LogP contribution in [0.3, 0.4) is 0 Å². The lowest BCUT2D eigenvalue weighted by atomic mass is 10.2. The van der Waals surface area contributed by atoms with E-state index < -0.39 is 27.1 Å². The lowest BCUT2D eigenvalue weighted by molar-refractivity contribution is -0.144. The first-order valence-corrected chi connectivity index (χ1v) is 5.11. The number of rotatable bonds is 3. The van der Waals surface area contributed by atoms with E-state index in [0.29, 0.717) is 0 Å². The van der Waals surface area contributed by atoms with Gasteiger partial charge in [0.15, 0.2) is 5.76 Å². The van der Waals surface area contributed by atoms with Gasteiger partial charge < -0.3 is 14.6 Å². The molecule has 0 radical (unpaired) electrons. The highest BCUT2D eigenvalue weighted by molar-refractivity contribution is 7.89. The minimum absolute atomic E-state index is 0.000116. The maximum atomic E-state index is 10.8. The van der Waals surface area contributed by atoms with Crippen molar-refractivity contribution in [2.75, 3.05) is 7.11 Å². The van der Waals surface area contributed by atoms with Crippen LogP contribution in [0.25, 0.3) is 0 Å². The van der Waals surface area contributed by atoms with E-state index in [2.05, 4.69) is 9.47 Å². The van der Waals surface area contributed by atoms with E-state index >= 15 is 0 Å². The normalized spacial score (nSPS) is 21.1. The number of hydrogen-bond acceptors (Lipinski definition) is 5. The monoisotopic (exact) mass is 236 g/mol. The van der Waals surface area contributed by atoms with Gasteiger partial charge in [-0.1, -0.05) is 0 Å². The molecule has 1 aliphatic rings. The van der Waals surface area contributed by atoms with E-state index in [-0.39, 0.29) is 5.76 Å². The molecule has 0 saturated heterocycles. The second-order valence-electron chi connectivity index (χ2n) is 2.60. The van der Waals surface area contributed by atoms with Crippen LogP contribution >= 0.6 is 0 Å². The zero-order valence-electron chi connectivity index (χ0n) is 7.58. The Bertz CT molecular complexity index is 430. The molecule has 7 nitrogen and oxygen atoms in total. The second kappa shape index (κ2) is 3.91. The summed E-state index contributed by atoms with van der Waals surface area (Å²) in [6.07, 6.45) is 0.0874. The largest absolute Gasteiger partial charge is 0.494 e. The first-order chi connectivity index (χ1) is 6.86. The van der Waals surface area contributed by atoms with Crippen LogP contribution in [-0.4, -0.2) is 37.3 Å². The van der Waals surface area contributed by atoms with E-state index in [4.69, 9.17) is 9.66 Å². The van der Waals surface area contributed by atoms with Gasteiger partial charge in [-0.2, -0.15) is 8.42 Å². The van der Waals surface area contributed by atoms with Crippen LogP contribution in [-0.2, 0) is 24.4 Å². The molecule has 15 heavy (non-hydrogen) atoms. The highest BCUT2D eigenvalue weighted by atomic mass is 32.2. The van der Waals surface area contributed by atoms with Crippen molar-refractivity contribution < 1.29 is 32.3 Å². The third-order valence-corrected chi connectivity index (χ3v) is 2.55. The van der Waals surface area contributed by atoms with Crippen molar-refractivity contribution in [2.24, 2.45) is 0 Å². The van der Waals surface area contributed by atoms with Crippen LogP contribution in [0, 0.1) is 0 Å². The number of allylic oxidation sites excluding steroid dienone is 1. The number of carboxylic acids is 1. The van der Waals surface area contributed by atoms with Crippen molar-refractivity contribution in [3.63, 3.8) is 0 Å². The Kier molecular flexibility index (Phi) is 3.01. The van der Waals surface area contributed by atoms with Gasteiger partial charge in [-0.25, -0.2) is 4.79 Å². The molecular formula is C7H8O7S. The summed E-state index contributed by atoms with van der Waals surface area (Å²) >= 11 is 0. The molecule has 2 N–H and O–H groups in total. The molecule has 0 amide bonds. The fraction of sp³-hybridized carbons (Fsp3) is 0.286. The van der Waals surface area contributed by atoms with Gasteiger partial charge in [0, 0.05) is 6.08 Å². The third kappa shape index (κ3) is 2.48. The van der Waals surface area contributed by atoms with Gasteiger partial charge in [-0.15, -0.1) is 0 Å². The zero-order valence-corrected chi connectivity index (χ0v) is 8.39. The minimum atomic E-state index is -4.63. The number of methoxy groups -OCH3 is 1. The molecule has 8 heteroatoms. The maximum absolute atomic E-state index is 10.8. The number of carboxylic acid groups (broad SMARTS) is 1. The highest BCUT2D eigenvalue weighted by Gasteiger charge is 2.34. The second-order valence-corrected chi connectivity index (χ2v) is 4.02. The molecule has 1 heterocycles. The van der Waals surface area contributed by atoms with Crippen molar-refractivity contribution in [2.45, 2.75) is 6.10 Å². The highest BCUT2D eigenvalue weighted by Crippen LogP contribution is 2.22. The van der Waals surface area contributed by atoms with Crippen molar-refractivity contribution in [3.05, 3.63) is 23.0 Å². The SMILES string of the molecule is COC1=COC(C(=O)O)C(S(=O)(=O)O)=C1. The fourth-order valence-electron chi connectivity index (χ4n) is 0.949. The molecule has 1 rings (SSSR count). The molecule has 84 valence electrons. The predicted octanol–water partition coefficient (Wildman–Crippen LogP) is -0.271. The average molecular weight is 236 g/mol. The number of hydrogen-bond donors (Lipinski definition) is 2. The molecule has 0 aromatic carbocycles. The van der Waals surface area contributed by atoms with E-state index in [0.717, 1.165) is 12.3 Å². The molecular weight excluding hydrogens is 228 g/mol. The Hall–Kier alpha value is -1.54. The van der Waals surface area contributed by atoms with Gasteiger partial charge in [-0.05, 0) is 0 Å². The first kappa shape index (κ1) is 11.5. The Balaban J connectivity index is 3.18. The summed E-state index contributed by atoms with van der Waals surface area (Å²) in [5.41, 5.74) is 0. The summed E-state index contributed by atoms with van der Waals surface area (Å²) < 4.78 is 39.6. The molecule has 0 aromatic heterocycles. The van der Waals surface area contributed by atoms with E-state index in [1.54, 1.807) is 0 Å². The zero-order chi connectivity index (χ0) is 11.6. The lowest BCUT2D eigenvalue weighted by Gasteiger charge is -2.18. The lowest BCUT2D eigenvalue weighted by Crippen LogP contribution is -2.30. The quantitative estimate of drug-likeness (QED) is 0.649. The van der Waals surface area contributed by atoms with Crippen LogP contribution in [0.2, 0.25) is 0 Å². The van der Waals surface area contributed by atoms with Crippen LogP contribution < -0.4 is 0 Å². The summed E-state index contributed by atoms with van der Waals surface area (Å²) in [6.45, 7) is 0. The van der Waals surface area contributed by atoms with Crippen molar-refractivity contribution in [3.8, 4) is 0 Å².